The molecule has 3 heteroatoms. The average Bonchev–Trinajstić information content (AvgIpc) is 3.91. The van der Waals surface area contributed by atoms with Crippen molar-refractivity contribution in [1.82, 2.24) is 4.57 Å². The van der Waals surface area contributed by atoms with Crippen molar-refractivity contribution in [3.8, 4) is 50.2 Å². The van der Waals surface area contributed by atoms with Gasteiger partial charge in [-0.25, -0.2) is 0 Å². The number of hydrogen-bond donors (Lipinski definition) is 0. The Balaban J connectivity index is 0.879. The van der Waals surface area contributed by atoms with Gasteiger partial charge in [0.15, 0.2) is 0 Å². The van der Waals surface area contributed by atoms with E-state index >= 15 is 0 Å². The van der Waals surface area contributed by atoms with E-state index < -0.39 is 0 Å². The molecule has 12 rings (SSSR count). The van der Waals surface area contributed by atoms with Gasteiger partial charge in [0.25, 0.3) is 0 Å². The maximum atomic E-state index is 6.09. The largest absolute Gasteiger partial charge is 0.456 e. The molecule has 10 aromatic carbocycles. The minimum Gasteiger partial charge on any atom is -0.456 e. The molecule has 0 aliphatic heterocycles. The number of para-hydroxylation sites is 3. The molecule has 0 saturated heterocycles. The predicted octanol–water partition coefficient (Wildman–Crippen LogP) is 16.8. The first-order valence-electron chi connectivity index (χ1n) is 21.5. The van der Waals surface area contributed by atoms with Gasteiger partial charge >= 0.3 is 0 Å². The molecule has 296 valence electrons. The Hall–Kier alpha value is -8.40. The molecule has 0 fully saturated rings. The summed E-state index contributed by atoms with van der Waals surface area (Å²) >= 11 is 0. The Labute approximate surface area is 366 Å². The fourth-order valence-corrected chi connectivity index (χ4v) is 9.25. The zero-order valence-corrected chi connectivity index (χ0v) is 34.4. The van der Waals surface area contributed by atoms with Gasteiger partial charge in [-0.2, -0.15) is 0 Å². The summed E-state index contributed by atoms with van der Waals surface area (Å²) in [7, 11) is 0. The van der Waals surface area contributed by atoms with Crippen LogP contribution in [0.1, 0.15) is 0 Å². The maximum Gasteiger partial charge on any atom is 0.135 e. The second-order valence-electron chi connectivity index (χ2n) is 16.1. The Morgan fingerprint density at radius 2 is 0.635 bits per heavy atom. The van der Waals surface area contributed by atoms with Crippen molar-refractivity contribution >= 4 is 60.8 Å². The summed E-state index contributed by atoms with van der Waals surface area (Å²) in [5, 5.41) is 4.80. The lowest BCUT2D eigenvalue weighted by Crippen LogP contribution is -2.10. The van der Waals surface area contributed by atoms with Gasteiger partial charge in [0.1, 0.15) is 11.2 Å². The van der Waals surface area contributed by atoms with Gasteiger partial charge in [-0.15, -0.1) is 0 Å². The van der Waals surface area contributed by atoms with E-state index in [0.29, 0.717) is 0 Å². The van der Waals surface area contributed by atoms with Crippen LogP contribution in [-0.2, 0) is 0 Å². The lowest BCUT2D eigenvalue weighted by atomic mass is 9.98. The summed E-state index contributed by atoms with van der Waals surface area (Å²) in [5.74, 6) is 0. The predicted molar refractivity (Wildman–Crippen MR) is 264 cm³/mol. The fourth-order valence-electron chi connectivity index (χ4n) is 9.25. The van der Waals surface area contributed by atoms with E-state index in [-0.39, 0.29) is 0 Å². The molecule has 0 spiro atoms. The van der Waals surface area contributed by atoms with Gasteiger partial charge in [-0.3, -0.25) is 0 Å². The van der Waals surface area contributed by atoms with Crippen molar-refractivity contribution in [2.45, 2.75) is 0 Å². The van der Waals surface area contributed by atoms with Gasteiger partial charge < -0.3 is 13.9 Å². The van der Waals surface area contributed by atoms with Crippen LogP contribution in [0.25, 0.3) is 93.9 Å². The standard InChI is InChI=1S/C60H40N2O/c1-2-10-41(11-3-1)42-18-20-43(21-19-42)45-26-31-49(32-27-45)61(51-35-37-52(38-36-51)62-57-15-7-4-12-53(57)54-13-5-8-16-58(54)62)50-33-28-46(29-34-50)44-22-24-47(25-23-44)48-30-39-60-56(40-48)55-14-6-9-17-59(55)63-60/h1-40H. The second-order valence-corrected chi connectivity index (χ2v) is 16.1. The number of furan rings is 1. The number of hydrogen-bond acceptors (Lipinski definition) is 2. The quantitative estimate of drug-likeness (QED) is 0.153. The van der Waals surface area contributed by atoms with Crippen LogP contribution in [0.15, 0.2) is 247 Å². The first-order valence-corrected chi connectivity index (χ1v) is 21.5. The van der Waals surface area contributed by atoms with Crippen molar-refractivity contribution < 1.29 is 4.42 Å². The zero-order chi connectivity index (χ0) is 41.7. The Morgan fingerprint density at radius 3 is 1.16 bits per heavy atom. The third-order valence-electron chi connectivity index (χ3n) is 12.5. The van der Waals surface area contributed by atoms with Crippen LogP contribution in [0.4, 0.5) is 17.1 Å². The van der Waals surface area contributed by atoms with Crippen LogP contribution < -0.4 is 4.90 Å². The molecule has 2 aromatic heterocycles. The molecule has 63 heavy (non-hydrogen) atoms. The van der Waals surface area contributed by atoms with Gasteiger partial charge in [-0.1, -0.05) is 164 Å². The maximum absolute atomic E-state index is 6.09. The number of fused-ring (bicyclic) bond motifs is 6. The third kappa shape index (κ3) is 6.55. The fraction of sp³-hybridized carbons (Fsp3) is 0. The first kappa shape index (κ1) is 36.5. The molecular formula is C60H40N2O. The second kappa shape index (κ2) is 15.3. The summed E-state index contributed by atoms with van der Waals surface area (Å²) in [6, 6.07) is 87.1. The Bertz CT molecular complexity index is 3510. The highest BCUT2D eigenvalue weighted by molar-refractivity contribution is 6.09. The van der Waals surface area contributed by atoms with Gasteiger partial charge in [0, 0.05) is 44.3 Å². The summed E-state index contributed by atoms with van der Waals surface area (Å²) in [5.41, 5.74) is 18.1. The van der Waals surface area contributed by atoms with E-state index in [9.17, 15) is 0 Å². The molecule has 0 aliphatic carbocycles. The normalized spacial score (nSPS) is 11.5. The average molecular weight is 805 g/mol. The number of benzene rings is 10. The third-order valence-corrected chi connectivity index (χ3v) is 12.5. The van der Waals surface area contributed by atoms with Crippen LogP contribution in [0, 0.1) is 0 Å². The van der Waals surface area contributed by atoms with Crippen molar-refractivity contribution in [2.75, 3.05) is 4.90 Å². The molecule has 0 bridgehead atoms. The zero-order valence-electron chi connectivity index (χ0n) is 34.4. The van der Waals surface area contributed by atoms with Gasteiger partial charge in [-0.05, 0) is 123 Å². The topological polar surface area (TPSA) is 21.3 Å². The van der Waals surface area contributed by atoms with E-state index in [1.165, 1.54) is 60.8 Å². The number of anilines is 3. The Morgan fingerprint density at radius 1 is 0.270 bits per heavy atom. The van der Waals surface area contributed by atoms with E-state index in [0.717, 1.165) is 50.3 Å². The van der Waals surface area contributed by atoms with Gasteiger partial charge in [0.05, 0.1) is 11.0 Å². The molecule has 0 N–H and O–H groups in total. The molecule has 0 radical (unpaired) electrons. The lowest BCUT2D eigenvalue weighted by molar-refractivity contribution is 0.669. The van der Waals surface area contributed by atoms with E-state index in [4.69, 9.17) is 4.42 Å². The van der Waals surface area contributed by atoms with Crippen molar-refractivity contribution in [3.05, 3.63) is 243 Å². The highest BCUT2D eigenvalue weighted by Gasteiger charge is 2.16. The van der Waals surface area contributed by atoms with Crippen molar-refractivity contribution in [1.29, 1.82) is 0 Å². The minimum atomic E-state index is 0.912. The molecule has 3 nitrogen and oxygen atoms in total. The van der Waals surface area contributed by atoms with E-state index in [2.05, 4.69) is 240 Å². The SMILES string of the molecule is c1ccc(-c2ccc(-c3ccc(N(c4ccc(-c5ccc(-c6ccc7oc8ccccc8c7c6)cc5)cc4)c4ccc(-n5c6ccccc6c6ccccc65)cc4)cc3)cc2)cc1. The van der Waals surface area contributed by atoms with Crippen LogP contribution in [0.5, 0.6) is 0 Å². The number of rotatable bonds is 8. The lowest BCUT2D eigenvalue weighted by Gasteiger charge is -2.26. The van der Waals surface area contributed by atoms with E-state index in [1.807, 2.05) is 12.1 Å². The van der Waals surface area contributed by atoms with Crippen LogP contribution in [-0.4, -0.2) is 4.57 Å². The van der Waals surface area contributed by atoms with E-state index in [1.54, 1.807) is 0 Å². The molecule has 0 saturated carbocycles. The van der Waals surface area contributed by atoms with Crippen molar-refractivity contribution in [2.24, 2.45) is 0 Å². The number of aromatic nitrogens is 1. The van der Waals surface area contributed by atoms with Crippen LogP contribution in [0.2, 0.25) is 0 Å². The monoisotopic (exact) mass is 804 g/mol. The molecule has 0 atom stereocenters. The van der Waals surface area contributed by atoms with Gasteiger partial charge in [0.2, 0.25) is 0 Å². The molecule has 0 amide bonds. The van der Waals surface area contributed by atoms with Crippen molar-refractivity contribution in [3.63, 3.8) is 0 Å². The molecule has 12 aromatic rings. The summed E-state index contributed by atoms with van der Waals surface area (Å²) < 4.78 is 8.46. The van der Waals surface area contributed by atoms with Crippen LogP contribution >= 0.6 is 0 Å². The number of nitrogens with zero attached hydrogens (tertiary/aromatic N) is 2. The summed E-state index contributed by atoms with van der Waals surface area (Å²) in [4.78, 5) is 2.35. The van der Waals surface area contributed by atoms with Crippen LogP contribution in [0.3, 0.4) is 0 Å². The smallest absolute Gasteiger partial charge is 0.135 e. The molecular weight excluding hydrogens is 765 g/mol. The molecule has 0 unspecified atom stereocenters. The highest BCUT2D eigenvalue weighted by atomic mass is 16.3. The first-order chi connectivity index (χ1) is 31.2. The summed E-state index contributed by atoms with van der Waals surface area (Å²) in [6.45, 7) is 0. The minimum absolute atomic E-state index is 0.912. The highest BCUT2D eigenvalue weighted by Crippen LogP contribution is 2.39. The summed E-state index contributed by atoms with van der Waals surface area (Å²) in [6.07, 6.45) is 0. The molecule has 0 aliphatic rings. The Kier molecular flexibility index (Phi) is 8.83. The molecule has 2 heterocycles.